The molecule has 0 radical (unpaired) electrons. The van der Waals surface area contributed by atoms with Gasteiger partial charge in [-0.3, -0.25) is 18.8 Å². The van der Waals surface area contributed by atoms with E-state index in [0.29, 0.717) is 11.9 Å². The molecule has 3 rings (SSSR count). The van der Waals surface area contributed by atoms with Crippen LogP contribution < -0.4 is 5.73 Å². The van der Waals surface area contributed by atoms with E-state index in [1.165, 1.54) is 87.9 Å². The molecular weight excluding hydrogens is 565 g/mol. The van der Waals surface area contributed by atoms with Gasteiger partial charge in [0.25, 0.3) is 0 Å². The number of nitrogens with two attached hydrogens (primary N) is 1. The number of fused-ring (bicyclic) bond motifs is 1. The standard InChI is InChI=1S/C28H48N5O8P/c1-2-3-4-5-6-7-8-9-10-11-12-13-14-15-16-17-22(34)41-42(37,38)39-18-21-24(35)25(36)28(40-21)33-20-32-23-26(29)30-19-31-27(23)33/h19-21,24-25,28,35-36H,2-18H2,1H3,(H,37,38)(H2,29,30,31)/t21-,24-,25-,28-/m1/s1. The van der Waals surface area contributed by atoms with Crippen LogP contribution in [0.25, 0.3) is 11.2 Å². The summed E-state index contributed by atoms with van der Waals surface area (Å²) in [6, 6.07) is 0. The second-order valence-electron chi connectivity index (χ2n) is 11.1. The highest BCUT2D eigenvalue weighted by atomic mass is 31.2. The van der Waals surface area contributed by atoms with Gasteiger partial charge in [-0.2, -0.15) is 0 Å². The second-order valence-corrected chi connectivity index (χ2v) is 12.4. The van der Waals surface area contributed by atoms with Crippen molar-refractivity contribution < 1.29 is 38.3 Å². The fourth-order valence-electron chi connectivity index (χ4n) is 5.16. The number of hydrogen-bond donors (Lipinski definition) is 4. The lowest BCUT2D eigenvalue weighted by atomic mass is 10.0. The number of aliphatic hydroxyl groups excluding tert-OH is 2. The van der Waals surface area contributed by atoms with Gasteiger partial charge in [0.15, 0.2) is 17.7 Å². The summed E-state index contributed by atoms with van der Waals surface area (Å²) < 4.78 is 28.9. The number of nitrogen functional groups attached to an aromatic ring is 1. The van der Waals surface area contributed by atoms with E-state index in [0.717, 1.165) is 19.3 Å². The van der Waals surface area contributed by atoms with Crippen LogP contribution in [0.1, 0.15) is 116 Å². The number of phosphoric acid groups is 1. The molecule has 1 aliphatic heterocycles. The Morgan fingerprint density at radius 1 is 0.929 bits per heavy atom. The highest BCUT2D eigenvalue weighted by molar-refractivity contribution is 7.48. The minimum absolute atomic E-state index is 0.00813. The van der Waals surface area contributed by atoms with Gasteiger partial charge in [-0.15, -0.1) is 0 Å². The van der Waals surface area contributed by atoms with Crippen molar-refractivity contribution in [3.63, 3.8) is 0 Å². The number of ether oxygens (including phenoxy) is 1. The fourth-order valence-corrected chi connectivity index (χ4v) is 5.90. The van der Waals surface area contributed by atoms with Gasteiger partial charge in [-0.1, -0.05) is 96.8 Å². The van der Waals surface area contributed by atoms with Gasteiger partial charge < -0.3 is 25.2 Å². The predicted octanol–water partition coefficient (Wildman–Crippen LogP) is 4.95. The predicted molar refractivity (Wildman–Crippen MR) is 157 cm³/mol. The average molecular weight is 614 g/mol. The van der Waals surface area contributed by atoms with Crippen LogP contribution >= 0.6 is 7.82 Å². The SMILES string of the molecule is CCCCCCCCCCCCCCCCCC(=O)OP(=O)(O)OC[C@H]1O[C@@H](n2cnc3c(N)ncnc32)[C@H](O)[C@@H]1O. The molecule has 2 aromatic rings. The Labute approximate surface area is 247 Å². The van der Waals surface area contributed by atoms with Crippen molar-refractivity contribution in [2.75, 3.05) is 12.3 Å². The van der Waals surface area contributed by atoms with E-state index in [4.69, 9.17) is 15.0 Å². The first-order chi connectivity index (χ1) is 20.2. The van der Waals surface area contributed by atoms with Crippen molar-refractivity contribution in [3.05, 3.63) is 12.7 Å². The molecule has 1 aliphatic rings. The van der Waals surface area contributed by atoms with Crippen molar-refractivity contribution in [2.45, 2.75) is 134 Å². The number of phosphoric ester groups is 1. The topological polar surface area (TPSA) is 192 Å². The van der Waals surface area contributed by atoms with E-state index in [-0.39, 0.29) is 17.9 Å². The van der Waals surface area contributed by atoms with Gasteiger partial charge in [-0.25, -0.2) is 19.5 Å². The normalized spacial score (nSPS) is 22.0. The minimum Gasteiger partial charge on any atom is -0.387 e. The molecule has 42 heavy (non-hydrogen) atoms. The molecule has 1 saturated heterocycles. The number of unbranched alkanes of at least 4 members (excludes halogenated alkanes) is 14. The molecule has 5 atom stereocenters. The summed E-state index contributed by atoms with van der Waals surface area (Å²) in [7, 11) is -4.74. The van der Waals surface area contributed by atoms with Crippen molar-refractivity contribution >= 4 is 30.8 Å². The molecular formula is C28H48N5O8P. The van der Waals surface area contributed by atoms with Crippen LogP contribution in [0.15, 0.2) is 12.7 Å². The maximum Gasteiger partial charge on any atom is 0.529 e. The smallest absolute Gasteiger partial charge is 0.387 e. The summed E-state index contributed by atoms with van der Waals surface area (Å²) in [5.74, 6) is -0.692. The molecule has 238 valence electrons. The van der Waals surface area contributed by atoms with Gasteiger partial charge in [-0.05, 0) is 6.42 Å². The number of aliphatic hydroxyl groups is 2. The second kappa shape index (κ2) is 17.8. The zero-order valence-electron chi connectivity index (χ0n) is 24.7. The first kappa shape index (κ1) is 34.3. The minimum atomic E-state index is -4.74. The molecule has 0 saturated carbocycles. The Bertz CT molecular complexity index is 1130. The summed E-state index contributed by atoms with van der Waals surface area (Å²) in [4.78, 5) is 34.1. The van der Waals surface area contributed by atoms with E-state index >= 15 is 0 Å². The third-order valence-corrected chi connectivity index (χ3v) is 8.51. The number of hydrogen-bond acceptors (Lipinski definition) is 11. The van der Waals surface area contributed by atoms with E-state index in [9.17, 15) is 24.5 Å². The number of imidazole rings is 1. The van der Waals surface area contributed by atoms with E-state index in [1.807, 2.05) is 0 Å². The van der Waals surface area contributed by atoms with Crippen LogP contribution in [-0.2, 0) is 23.1 Å². The molecule has 13 nitrogen and oxygen atoms in total. The van der Waals surface area contributed by atoms with Crippen LogP contribution in [0.5, 0.6) is 0 Å². The zero-order chi connectivity index (χ0) is 30.4. The Morgan fingerprint density at radius 2 is 1.50 bits per heavy atom. The molecule has 0 bridgehead atoms. The number of nitrogens with zero attached hydrogens (tertiary/aromatic N) is 4. The maximum atomic E-state index is 12.3. The Hall–Kier alpha value is -2.15. The number of carbonyl (C=O) groups excluding carboxylic acids is 1. The zero-order valence-corrected chi connectivity index (χ0v) is 25.6. The lowest BCUT2D eigenvalue weighted by Gasteiger charge is -2.17. The monoisotopic (exact) mass is 613 g/mol. The number of aromatic nitrogens is 4. The largest absolute Gasteiger partial charge is 0.529 e. The van der Waals surface area contributed by atoms with Crippen molar-refractivity contribution in [2.24, 2.45) is 0 Å². The number of carbonyl (C=O) groups is 1. The van der Waals surface area contributed by atoms with E-state index in [1.54, 1.807) is 0 Å². The molecule has 0 amide bonds. The molecule has 3 heterocycles. The third-order valence-electron chi connectivity index (χ3n) is 7.60. The van der Waals surface area contributed by atoms with E-state index in [2.05, 4.69) is 26.4 Å². The molecule has 0 aliphatic carbocycles. The summed E-state index contributed by atoms with van der Waals surface area (Å²) in [6.45, 7) is 1.64. The van der Waals surface area contributed by atoms with Crippen molar-refractivity contribution in [3.8, 4) is 0 Å². The van der Waals surface area contributed by atoms with Gasteiger partial charge in [0, 0.05) is 6.42 Å². The first-order valence-electron chi connectivity index (χ1n) is 15.4. The first-order valence-corrected chi connectivity index (χ1v) is 16.9. The van der Waals surface area contributed by atoms with Crippen LogP contribution in [0.3, 0.4) is 0 Å². The molecule has 0 aromatic carbocycles. The van der Waals surface area contributed by atoms with Gasteiger partial charge >= 0.3 is 13.8 Å². The third kappa shape index (κ3) is 10.8. The molecule has 14 heteroatoms. The van der Waals surface area contributed by atoms with Gasteiger partial charge in [0.1, 0.15) is 30.2 Å². The lowest BCUT2D eigenvalue weighted by molar-refractivity contribution is -0.136. The van der Waals surface area contributed by atoms with Crippen molar-refractivity contribution in [1.29, 1.82) is 0 Å². The van der Waals surface area contributed by atoms with Crippen LogP contribution in [0.2, 0.25) is 0 Å². The highest BCUT2D eigenvalue weighted by Gasteiger charge is 2.45. The van der Waals surface area contributed by atoms with Crippen molar-refractivity contribution in [1.82, 2.24) is 19.5 Å². The summed E-state index contributed by atoms with van der Waals surface area (Å²) in [6.07, 6.45) is 15.3. The number of rotatable bonds is 21. The average Bonchev–Trinajstić information content (AvgIpc) is 3.51. The number of anilines is 1. The molecule has 1 fully saturated rings. The summed E-state index contributed by atoms with van der Waals surface area (Å²) in [5, 5.41) is 20.9. The highest BCUT2D eigenvalue weighted by Crippen LogP contribution is 2.45. The summed E-state index contributed by atoms with van der Waals surface area (Å²) in [5.41, 5.74) is 6.36. The van der Waals surface area contributed by atoms with Crippen LogP contribution in [0, 0.1) is 0 Å². The molecule has 2 aromatic heterocycles. The Kier molecular flexibility index (Phi) is 14.6. The lowest BCUT2D eigenvalue weighted by Crippen LogP contribution is -2.33. The van der Waals surface area contributed by atoms with Crippen LogP contribution in [0.4, 0.5) is 5.82 Å². The maximum absolute atomic E-state index is 12.3. The molecule has 1 unspecified atom stereocenters. The van der Waals surface area contributed by atoms with Gasteiger partial charge in [0.05, 0.1) is 12.9 Å². The van der Waals surface area contributed by atoms with Crippen LogP contribution in [-0.4, -0.2) is 65.5 Å². The van der Waals surface area contributed by atoms with Gasteiger partial charge in [0.2, 0.25) is 0 Å². The Balaban J connectivity index is 1.25. The molecule has 5 N–H and O–H groups in total. The summed E-state index contributed by atoms with van der Waals surface area (Å²) >= 11 is 0. The molecule has 0 spiro atoms. The quantitative estimate of drug-likeness (QED) is 0.110. The Morgan fingerprint density at radius 3 is 2.10 bits per heavy atom. The van der Waals surface area contributed by atoms with E-state index < -0.39 is 44.9 Å². The fraction of sp³-hybridized carbons (Fsp3) is 0.786.